The molecule has 96 valence electrons. The number of carboxylic acid groups (broad SMARTS) is 1. The Morgan fingerprint density at radius 1 is 1.17 bits per heavy atom. The average molecular weight is 313 g/mol. The largest absolute Gasteiger partial charge is 0.489 e. The second-order valence-electron chi connectivity index (χ2n) is 4.87. The molecule has 1 N–H and O–H groups in total. The maximum Gasteiger partial charge on any atom is 0.339 e. The van der Waals surface area contributed by atoms with Crippen LogP contribution in [0.2, 0.25) is 0 Å². The van der Waals surface area contributed by atoms with Gasteiger partial charge in [-0.1, -0.05) is 0 Å². The van der Waals surface area contributed by atoms with Crippen LogP contribution in [0.4, 0.5) is 0 Å². The van der Waals surface area contributed by atoms with Crippen LogP contribution in [0.5, 0.6) is 11.5 Å². The molecule has 2 aliphatic rings. The molecule has 5 heteroatoms. The predicted octanol–water partition coefficient (Wildman–Crippen LogP) is 2.79. The molecule has 0 aliphatic carbocycles. The quantitative estimate of drug-likeness (QED) is 0.866. The summed E-state index contributed by atoms with van der Waals surface area (Å²) >= 11 is 3.52. The Balaban J connectivity index is 2.29. The van der Waals surface area contributed by atoms with Crippen LogP contribution in [0.1, 0.15) is 35.3 Å². The summed E-state index contributed by atoms with van der Waals surface area (Å²) in [6, 6.07) is 0. The summed E-state index contributed by atoms with van der Waals surface area (Å²) in [5, 5.41) is 9.43. The average Bonchev–Trinajstić information content (AvgIpc) is 2.81. The predicted molar refractivity (Wildman–Crippen MR) is 68.7 cm³/mol. The third kappa shape index (κ3) is 1.53. The van der Waals surface area contributed by atoms with Gasteiger partial charge in [-0.3, -0.25) is 0 Å². The number of hydrogen-bond donors (Lipinski definition) is 1. The van der Waals surface area contributed by atoms with E-state index >= 15 is 0 Å². The molecule has 2 atom stereocenters. The lowest BCUT2D eigenvalue weighted by molar-refractivity contribution is 0.0690. The molecule has 1 aromatic rings. The van der Waals surface area contributed by atoms with Crippen molar-refractivity contribution >= 4 is 21.9 Å². The minimum absolute atomic E-state index is 0.00866. The molecular weight excluding hydrogens is 300 g/mol. The zero-order valence-corrected chi connectivity index (χ0v) is 11.7. The van der Waals surface area contributed by atoms with E-state index in [-0.39, 0.29) is 17.8 Å². The summed E-state index contributed by atoms with van der Waals surface area (Å²) in [7, 11) is 0. The van der Waals surface area contributed by atoms with Crippen molar-refractivity contribution in [2.45, 2.75) is 38.9 Å². The van der Waals surface area contributed by atoms with Crippen molar-refractivity contribution in [3.8, 4) is 11.5 Å². The molecule has 0 saturated carbocycles. The van der Waals surface area contributed by atoms with Gasteiger partial charge in [-0.15, -0.1) is 0 Å². The second-order valence-corrected chi connectivity index (χ2v) is 5.67. The van der Waals surface area contributed by atoms with E-state index in [1.165, 1.54) is 0 Å². The fourth-order valence-corrected chi connectivity index (χ4v) is 3.36. The van der Waals surface area contributed by atoms with Crippen LogP contribution in [0.25, 0.3) is 0 Å². The molecule has 1 aromatic carbocycles. The normalized spacial score (nSPS) is 24.2. The number of ether oxygens (including phenoxy) is 2. The molecule has 2 unspecified atom stereocenters. The van der Waals surface area contributed by atoms with Crippen LogP contribution in [0.15, 0.2) is 4.47 Å². The van der Waals surface area contributed by atoms with Crippen molar-refractivity contribution in [3.63, 3.8) is 0 Å². The fraction of sp³-hybridized carbons (Fsp3) is 0.462. The van der Waals surface area contributed by atoms with Crippen molar-refractivity contribution < 1.29 is 19.4 Å². The topological polar surface area (TPSA) is 55.8 Å². The molecule has 0 fully saturated rings. The summed E-state index contributed by atoms with van der Waals surface area (Å²) in [5.41, 5.74) is 1.93. The van der Waals surface area contributed by atoms with E-state index in [2.05, 4.69) is 15.9 Å². The summed E-state index contributed by atoms with van der Waals surface area (Å²) in [6.45, 7) is 3.87. The molecule has 2 heterocycles. The lowest BCUT2D eigenvalue weighted by Gasteiger charge is -2.12. The number of carboxylic acids is 1. The lowest BCUT2D eigenvalue weighted by Crippen LogP contribution is -2.09. The molecule has 2 aliphatic heterocycles. The number of halogens is 1. The number of carbonyl (C=O) groups is 1. The number of benzene rings is 1. The first kappa shape index (κ1) is 11.8. The SMILES string of the molecule is CC1Cc2c(c(Br)c3c(c2C(=O)O)OC(C)C3)O1. The second kappa shape index (κ2) is 3.88. The molecule has 0 aromatic heterocycles. The van der Waals surface area contributed by atoms with Gasteiger partial charge in [-0.25, -0.2) is 4.79 Å². The molecule has 0 spiro atoms. The Hall–Kier alpha value is -1.23. The van der Waals surface area contributed by atoms with Crippen molar-refractivity contribution in [3.05, 3.63) is 21.2 Å². The van der Waals surface area contributed by atoms with Gasteiger partial charge in [0, 0.05) is 24.0 Å². The number of rotatable bonds is 1. The van der Waals surface area contributed by atoms with Crippen LogP contribution >= 0.6 is 15.9 Å². The van der Waals surface area contributed by atoms with E-state index < -0.39 is 5.97 Å². The van der Waals surface area contributed by atoms with Gasteiger partial charge < -0.3 is 14.6 Å². The molecule has 3 rings (SSSR count). The van der Waals surface area contributed by atoms with Gasteiger partial charge in [0.1, 0.15) is 29.3 Å². The first-order valence-electron chi connectivity index (χ1n) is 5.92. The van der Waals surface area contributed by atoms with Gasteiger partial charge in [-0.05, 0) is 29.8 Å². The van der Waals surface area contributed by atoms with Crippen molar-refractivity contribution in [2.24, 2.45) is 0 Å². The monoisotopic (exact) mass is 312 g/mol. The highest BCUT2D eigenvalue weighted by Gasteiger charge is 2.37. The maximum absolute atomic E-state index is 11.5. The third-order valence-corrected chi connectivity index (χ3v) is 4.22. The number of hydrogen-bond acceptors (Lipinski definition) is 3. The zero-order chi connectivity index (χ0) is 13.0. The number of fused-ring (bicyclic) bond motifs is 2. The van der Waals surface area contributed by atoms with Gasteiger partial charge >= 0.3 is 5.97 Å². The Morgan fingerprint density at radius 3 is 2.33 bits per heavy atom. The minimum atomic E-state index is -0.943. The first-order chi connectivity index (χ1) is 8.49. The highest BCUT2D eigenvalue weighted by molar-refractivity contribution is 9.10. The van der Waals surface area contributed by atoms with Crippen LogP contribution in [-0.2, 0) is 12.8 Å². The van der Waals surface area contributed by atoms with Crippen molar-refractivity contribution in [1.82, 2.24) is 0 Å². The van der Waals surface area contributed by atoms with Crippen LogP contribution in [0.3, 0.4) is 0 Å². The van der Waals surface area contributed by atoms with E-state index in [1.807, 2.05) is 13.8 Å². The van der Waals surface area contributed by atoms with Gasteiger partial charge in [0.2, 0.25) is 0 Å². The Morgan fingerprint density at radius 2 is 1.72 bits per heavy atom. The van der Waals surface area contributed by atoms with E-state index in [1.54, 1.807) is 0 Å². The molecule has 4 nitrogen and oxygen atoms in total. The van der Waals surface area contributed by atoms with E-state index in [0.29, 0.717) is 24.3 Å². The van der Waals surface area contributed by atoms with Gasteiger partial charge in [-0.2, -0.15) is 0 Å². The van der Waals surface area contributed by atoms with Crippen molar-refractivity contribution in [1.29, 1.82) is 0 Å². The summed E-state index contributed by atoms with van der Waals surface area (Å²) in [4.78, 5) is 11.5. The fourth-order valence-electron chi connectivity index (χ4n) is 2.69. The highest BCUT2D eigenvalue weighted by Crippen LogP contribution is 2.49. The molecule has 0 saturated heterocycles. The standard InChI is InChI=1S/C13H13BrO4/c1-5-3-7-9(13(15)16)11-8(4-6(2)17-11)10(14)12(7)18-5/h5-6H,3-4H2,1-2H3,(H,15,16). The van der Waals surface area contributed by atoms with Gasteiger partial charge in [0.15, 0.2) is 0 Å². The minimum Gasteiger partial charge on any atom is -0.489 e. The van der Waals surface area contributed by atoms with Crippen LogP contribution in [0, 0.1) is 0 Å². The number of aromatic carboxylic acids is 1. The lowest BCUT2D eigenvalue weighted by atomic mass is 9.98. The summed E-state index contributed by atoms with van der Waals surface area (Å²) in [6.07, 6.45) is 1.34. The third-order valence-electron chi connectivity index (χ3n) is 3.38. The smallest absolute Gasteiger partial charge is 0.339 e. The summed E-state index contributed by atoms with van der Waals surface area (Å²) < 4.78 is 12.3. The molecule has 0 amide bonds. The summed E-state index contributed by atoms with van der Waals surface area (Å²) in [5.74, 6) is 0.247. The van der Waals surface area contributed by atoms with E-state index in [4.69, 9.17) is 9.47 Å². The van der Waals surface area contributed by atoms with Crippen molar-refractivity contribution in [2.75, 3.05) is 0 Å². The molecule has 0 bridgehead atoms. The van der Waals surface area contributed by atoms with Gasteiger partial charge in [0.25, 0.3) is 0 Å². The van der Waals surface area contributed by atoms with Gasteiger partial charge in [0.05, 0.1) is 4.47 Å². The maximum atomic E-state index is 11.5. The Labute approximate surface area is 113 Å². The van der Waals surface area contributed by atoms with Crippen LogP contribution in [-0.4, -0.2) is 23.3 Å². The Bertz CT molecular complexity index is 513. The molecule has 0 radical (unpaired) electrons. The van der Waals surface area contributed by atoms with E-state index in [9.17, 15) is 9.90 Å². The first-order valence-corrected chi connectivity index (χ1v) is 6.72. The zero-order valence-electron chi connectivity index (χ0n) is 10.1. The Kier molecular flexibility index (Phi) is 2.55. The molecular formula is C13H13BrO4. The highest BCUT2D eigenvalue weighted by atomic mass is 79.9. The van der Waals surface area contributed by atoms with Crippen LogP contribution < -0.4 is 9.47 Å². The molecule has 18 heavy (non-hydrogen) atoms. The van der Waals surface area contributed by atoms with E-state index in [0.717, 1.165) is 15.6 Å².